The molecule has 10 nitrogen and oxygen atoms in total. The normalized spacial score (nSPS) is 11.4. The van der Waals surface area contributed by atoms with Crippen LogP contribution in [0.5, 0.6) is 0 Å². The second kappa shape index (κ2) is 12.0. The van der Waals surface area contributed by atoms with Gasteiger partial charge in [-0.1, -0.05) is 12.1 Å². The van der Waals surface area contributed by atoms with E-state index in [1.165, 1.54) is 62.4 Å². The molecule has 0 aliphatic heterocycles. The van der Waals surface area contributed by atoms with E-state index in [1.54, 1.807) is 38.1 Å². The third-order valence-corrected chi connectivity index (χ3v) is 9.01. The number of carbonyl (C=O) groups is 2. The zero-order valence-corrected chi connectivity index (χ0v) is 25.0. The second-order valence-corrected chi connectivity index (χ2v) is 13.0. The largest absolute Gasteiger partial charge is 0.326 e. The van der Waals surface area contributed by atoms with E-state index in [2.05, 4.69) is 20.1 Å². The molecule has 0 fully saturated rings. The van der Waals surface area contributed by atoms with Crippen LogP contribution >= 0.6 is 0 Å². The smallest absolute Gasteiger partial charge is 0.261 e. The molecular weight excluding hydrogens is 576 g/mol. The summed E-state index contributed by atoms with van der Waals surface area (Å²) in [6.07, 6.45) is 0. The Kier molecular flexibility index (Phi) is 8.69. The first-order valence-corrected chi connectivity index (χ1v) is 15.7. The summed E-state index contributed by atoms with van der Waals surface area (Å²) < 4.78 is 56.9. The maximum absolute atomic E-state index is 12.9. The van der Waals surface area contributed by atoms with Gasteiger partial charge in [0.1, 0.15) is 0 Å². The van der Waals surface area contributed by atoms with Crippen molar-refractivity contribution in [2.75, 3.05) is 20.1 Å². The topological polar surface area (TPSA) is 151 Å². The molecule has 218 valence electrons. The second-order valence-electron chi connectivity index (χ2n) is 9.68. The van der Waals surface area contributed by atoms with Gasteiger partial charge in [0.2, 0.25) is 11.8 Å². The Morgan fingerprint density at radius 3 is 1.14 bits per heavy atom. The molecule has 0 bridgehead atoms. The Hall–Kier alpha value is -4.68. The van der Waals surface area contributed by atoms with Crippen LogP contribution in [0, 0.1) is 13.8 Å². The number of nitrogens with one attached hydrogen (secondary N) is 4. The van der Waals surface area contributed by atoms with Crippen LogP contribution in [0.25, 0.3) is 11.1 Å². The number of amides is 2. The molecule has 0 radical (unpaired) electrons. The first-order chi connectivity index (χ1) is 19.7. The van der Waals surface area contributed by atoms with Crippen molar-refractivity contribution in [3.8, 4) is 11.1 Å². The lowest BCUT2D eigenvalue weighted by molar-refractivity contribution is -0.115. The number of anilines is 4. The predicted octanol–water partition coefficient (Wildman–Crippen LogP) is 5.49. The predicted molar refractivity (Wildman–Crippen MR) is 164 cm³/mol. The van der Waals surface area contributed by atoms with E-state index >= 15 is 0 Å². The van der Waals surface area contributed by atoms with Gasteiger partial charge in [0.15, 0.2) is 0 Å². The lowest BCUT2D eigenvalue weighted by Gasteiger charge is -2.14. The SMILES string of the molecule is CC(=O)Nc1ccc(S(=O)(=O)Nc2ccc(-c3ccc(NS(=O)(=O)c4ccc(NC(C)=O)cc4)c(C)c3)cc2C)cc1. The molecule has 0 heterocycles. The van der Waals surface area contributed by atoms with Crippen molar-refractivity contribution >= 4 is 54.6 Å². The van der Waals surface area contributed by atoms with Gasteiger partial charge in [0.05, 0.1) is 21.2 Å². The molecule has 0 aromatic heterocycles. The van der Waals surface area contributed by atoms with E-state index < -0.39 is 20.0 Å². The molecule has 12 heteroatoms. The van der Waals surface area contributed by atoms with Gasteiger partial charge in [-0.25, -0.2) is 16.8 Å². The summed E-state index contributed by atoms with van der Waals surface area (Å²) in [5, 5.41) is 5.19. The van der Waals surface area contributed by atoms with E-state index in [9.17, 15) is 26.4 Å². The average molecular weight is 607 g/mol. The molecule has 4 aromatic carbocycles. The van der Waals surface area contributed by atoms with Crippen molar-refractivity contribution < 1.29 is 26.4 Å². The summed E-state index contributed by atoms with van der Waals surface area (Å²) in [5.41, 5.74) is 4.84. The van der Waals surface area contributed by atoms with Crippen molar-refractivity contribution in [1.82, 2.24) is 0 Å². The lowest BCUT2D eigenvalue weighted by atomic mass is 10.0. The highest BCUT2D eigenvalue weighted by Crippen LogP contribution is 2.30. The van der Waals surface area contributed by atoms with Crippen LogP contribution in [0.3, 0.4) is 0 Å². The van der Waals surface area contributed by atoms with E-state index in [4.69, 9.17) is 0 Å². The third-order valence-electron chi connectivity index (χ3n) is 6.24. The highest BCUT2D eigenvalue weighted by atomic mass is 32.2. The minimum absolute atomic E-state index is 0.0532. The standard InChI is InChI=1S/C30H30N4O6S2/c1-19-17-23(5-15-29(19)33-41(37,38)27-11-7-25(8-12-27)31-21(3)35)24-6-16-30(20(2)18-24)34-42(39,40)28-13-9-26(10-14-28)32-22(4)36/h5-18,33-34H,1-4H3,(H,31,35)(H,32,36). The maximum Gasteiger partial charge on any atom is 0.261 e. The van der Waals surface area contributed by atoms with Gasteiger partial charge in [-0.3, -0.25) is 19.0 Å². The van der Waals surface area contributed by atoms with Crippen LogP contribution in [-0.2, 0) is 29.6 Å². The van der Waals surface area contributed by atoms with Crippen molar-refractivity contribution in [2.24, 2.45) is 0 Å². The Labute approximate surface area is 245 Å². The number of aryl methyl sites for hydroxylation is 2. The molecule has 4 rings (SSSR count). The number of benzene rings is 4. The first kappa shape index (κ1) is 30.3. The van der Waals surface area contributed by atoms with Crippen LogP contribution in [0.2, 0.25) is 0 Å². The van der Waals surface area contributed by atoms with Gasteiger partial charge in [-0.05, 0) is 109 Å². The quantitative estimate of drug-likeness (QED) is 0.198. The summed E-state index contributed by atoms with van der Waals surface area (Å²) in [4.78, 5) is 22.5. The van der Waals surface area contributed by atoms with Crippen LogP contribution in [0.15, 0.2) is 94.7 Å². The molecule has 0 aliphatic carbocycles. The fourth-order valence-corrected chi connectivity index (χ4v) is 6.43. The van der Waals surface area contributed by atoms with Crippen molar-refractivity contribution in [3.05, 3.63) is 96.1 Å². The number of hydrogen-bond donors (Lipinski definition) is 4. The van der Waals surface area contributed by atoms with Gasteiger partial charge in [0, 0.05) is 25.2 Å². The number of rotatable bonds is 9. The Morgan fingerprint density at radius 2 is 0.857 bits per heavy atom. The summed E-state index contributed by atoms with van der Waals surface area (Å²) in [6, 6.07) is 22.3. The molecule has 4 aromatic rings. The van der Waals surface area contributed by atoms with Crippen molar-refractivity contribution in [3.63, 3.8) is 0 Å². The minimum atomic E-state index is -3.87. The third kappa shape index (κ3) is 7.33. The van der Waals surface area contributed by atoms with Gasteiger partial charge >= 0.3 is 0 Å². The van der Waals surface area contributed by atoms with E-state index in [0.717, 1.165) is 11.1 Å². The summed E-state index contributed by atoms with van der Waals surface area (Å²) >= 11 is 0. The highest BCUT2D eigenvalue weighted by Gasteiger charge is 2.18. The molecule has 0 saturated carbocycles. The van der Waals surface area contributed by atoms with Gasteiger partial charge < -0.3 is 10.6 Å². The molecular formula is C30H30N4O6S2. The molecule has 0 aliphatic rings. The van der Waals surface area contributed by atoms with Crippen LogP contribution in [0.4, 0.5) is 22.7 Å². The molecule has 0 unspecified atom stereocenters. The zero-order chi connectivity index (χ0) is 30.7. The fourth-order valence-electron chi connectivity index (χ4n) is 4.16. The summed E-state index contributed by atoms with van der Waals surface area (Å²) in [5.74, 6) is -0.506. The van der Waals surface area contributed by atoms with Crippen molar-refractivity contribution in [1.29, 1.82) is 0 Å². The zero-order valence-electron chi connectivity index (χ0n) is 23.3. The Balaban J connectivity index is 1.49. The fraction of sp³-hybridized carbons (Fsp3) is 0.133. The van der Waals surface area contributed by atoms with E-state index in [0.29, 0.717) is 33.9 Å². The lowest BCUT2D eigenvalue weighted by Crippen LogP contribution is -2.14. The molecule has 42 heavy (non-hydrogen) atoms. The number of hydrogen-bond acceptors (Lipinski definition) is 6. The average Bonchev–Trinajstić information content (AvgIpc) is 2.91. The Bertz CT molecular complexity index is 1730. The number of carbonyl (C=O) groups excluding carboxylic acids is 2. The molecule has 0 saturated heterocycles. The molecule has 2 amide bonds. The first-order valence-electron chi connectivity index (χ1n) is 12.8. The minimum Gasteiger partial charge on any atom is -0.326 e. The van der Waals surface area contributed by atoms with E-state index in [-0.39, 0.29) is 21.6 Å². The summed E-state index contributed by atoms with van der Waals surface area (Å²) in [6.45, 7) is 6.31. The van der Waals surface area contributed by atoms with Crippen LogP contribution in [-0.4, -0.2) is 28.6 Å². The monoisotopic (exact) mass is 606 g/mol. The van der Waals surface area contributed by atoms with Gasteiger partial charge in [-0.15, -0.1) is 0 Å². The summed E-state index contributed by atoms with van der Waals surface area (Å²) in [7, 11) is -7.73. The highest BCUT2D eigenvalue weighted by molar-refractivity contribution is 7.93. The molecule has 0 spiro atoms. The molecule has 0 atom stereocenters. The van der Waals surface area contributed by atoms with Crippen molar-refractivity contribution in [2.45, 2.75) is 37.5 Å². The Morgan fingerprint density at radius 1 is 0.524 bits per heavy atom. The van der Waals surface area contributed by atoms with Crippen LogP contribution < -0.4 is 20.1 Å². The molecule has 4 N–H and O–H groups in total. The van der Waals surface area contributed by atoms with E-state index in [1.807, 2.05) is 12.1 Å². The number of sulfonamides is 2. The van der Waals surface area contributed by atoms with Gasteiger partial charge in [0.25, 0.3) is 20.0 Å². The maximum atomic E-state index is 12.9. The van der Waals surface area contributed by atoms with Crippen LogP contribution in [0.1, 0.15) is 25.0 Å². The van der Waals surface area contributed by atoms with Gasteiger partial charge in [-0.2, -0.15) is 0 Å².